The maximum atomic E-state index is 12.5. The average molecular weight is 294 g/mol. The maximum absolute atomic E-state index is 12.5. The molecule has 1 aromatic rings. The van der Waals surface area contributed by atoms with Crippen molar-refractivity contribution >= 4 is 17.2 Å². The Morgan fingerprint density at radius 2 is 2.15 bits per heavy atom. The number of hydrogen-bond acceptors (Lipinski definition) is 3. The van der Waals surface area contributed by atoms with Crippen LogP contribution in [0.25, 0.3) is 0 Å². The summed E-state index contributed by atoms with van der Waals surface area (Å²) in [5.41, 5.74) is 0. The minimum Gasteiger partial charge on any atom is -0.321 e. The molecule has 1 saturated heterocycles. The zero-order chi connectivity index (χ0) is 14.7. The third-order valence-corrected chi connectivity index (χ3v) is 4.92. The Hall–Kier alpha value is -0.870. The SMILES string of the molecule is CCC1NC(c2ccc(C)s2)N(CCCC(C)C)C1=O. The molecule has 0 radical (unpaired) electrons. The van der Waals surface area contributed by atoms with E-state index in [4.69, 9.17) is 0 Å². The number of thiophene rings is 1. The summed E-state index contributed by atoms with van der Waals surface area (Å²) in [5.74, 6) is 0.970. The minimum atomic E-state index is -0.0125. The Morgan fingerprint density at radius 1 is 1.40 bits per heavy atom. The second kappa shape index (κ2) is 6.72. The molecule has 0 bridgehead atoms. The van der Waals surface area contributed by atoms with Crippen LogP contribution in [0.15, 0.2) is 12.1 Å². The van der Waals surface area contributed by atoms with Gasteiger partial charge in [-0.3, -0.25) is 10.1 Å². The molecular formula is C16H26N2OS. The first-order valence-electron chi connectivity index (χ1n) is 7.65. The van der Waals surface area contributed by atoms with E-state index in [1.807, 2.05) is 4.90 Å². The third kappa shape index (κ3) is 3.41. The van der Waals surface area contributed by atoms with Gasteiger partial charge in [-0.05, 0) is 44.2 Å². The van der Waals surface area contributed by atoms with E-state index in [0.717, 1.165) is 19.4 Å². The fourth-order valence-corrected chi connectivity index (χ4v) is 3.67. The summed E-state index contributed by atoms with van der Waals surface area (Å²) in [6.07, 6.45) is 3.21. The van der Waals surface area contributed by atoms with Gasteiger partial charge in [0, 0.05) is 16.3 Å². The number of carbonyl (C=O) groups excluding carboxylic acids is 1. The van der Waals surface area contributed by atoms with E-state index in [2.05, 4.69) is 45.1 Å². The molecule has 1 aliphatic heterocycles. The molecule has 112 valence electrons. The standard InChI is InChI=1S/C16H26N2OS/c1-5-13-16(19)18(10-6-7-11(2)3)15(17-13)14-9-8-12(4)20-14/h8-9,11,13,15,17H,5-7,10H2,1-4H3. The first-order chi connectivity index (χ1) is 9.52. The molecule has 1 amide bonds. The molecular weight excluding hydrogens is 268 g/mol. The highest BCUT2D eigenvalue weighted by atomic mass is 32.1. The molecule has 20 heavy (non-hydrogen) atoms. The van der Waals surface area contributed by atoms with E-state index in [0.29, 0.717) is 5.92 Å². The Morgan fingerprint density at radius 3 is 2.70 bits per heavy atom. The van der Waals surface area contributed by atoms with Crippen LogP contribution in [-0.2, 0) is 4.79 Å². The first-order valence-corrected chi connectivity index (χ1v) is 8.47. The van der Waals surface area contributed by atoms with Crippen LogP contribution in [-0.4, -0.2) is 23.4 Å². The Kier molecular flexibility index (Phi) is 5.22. The lowest BCUT2D eigenvalue weighted by Crippen LogP contribution is -2.31. The second-order valence-electron chi connectivity index (χ2n) is 6.05. The lowest BCUT2D eigenvalue weighted by molar-refractivity contribution is -0.130. The van der Waals surface area contributed by atoms with Crippen LogP contribution >= 0.6 is 11.3 Å². The molecule has 0 aliphatic carbocycles. The summed E-state index contributed by atoms with van der Waals surface area (Å²) in [6.45, 7) is 9.52. The number of nitrogens with one attached hydrogen (secondary N) is 1. The van der Waals surface area contributed by atoms with E-state index in [9.17, 15) is 4.79 Å². The Bertz CT molecular complexity index is 455. The predicted molar refractivity (Wildman–Crippen MR) is 84.8 cm³/mol. The third-order valence-electron chi connectivity index (χ3n) is 3.87. The van der Waals surface area contributed by atoms with Gasteiger partial charge < -0.3 is 4.90 Å². The van der Waals surface area contributed by atoms with E-state index in [1.54, 1.807) is 11.3 Å². The van der Waals surface area contributed by atoms with Crippen molar-refractivity contribution in [1.82, 2.24) is 10.2 Å². The van der Waals surface area contributed by atoms with Crippen LogP contribution in [0.2, 0.25) is 0 Å². The van der Waals surface area contributed by atoms with Crippen molar-refractivity contribution in [2.24, 2.45) is 5.92 Å². The Labute approximate surface area is 126 Å². The van der Waals surface area contributed by atoms with Gasteiger partial charge >= 0.3 is 0 Å². The number of aryl methyl sites for hydroxylation is 1. The summed E-state index contributed by atoms with van der Waals surface area (Å²) in [6, 6.07) is 4.28. The van der Waals surface area contributed by atoms with Crippen molar-refractivity contribution in [3.8, 4) is 0 Å². The van der Waals surface area contributed by atoms with Gasteiger partial charge in [0.25, 0.3) is 0 Å². The highest BCUT2D eigenvalue weighted by Crippen LogP contribution is 2.31. The number of carbonyl (C=O) groups is 1. The van der Waals surface area contributed by atoms with Crippen molar-refractivity contribution in [2.75, 3.05) is 6.54 Å². The molecule has 1 N–H and O–H groups in total. The summed E-state index contributed by atoms with van der Waals surface area (Å²) in [5, 5.41) is 3.50. The van der Waals surface area contributed by atoms with Gasteiger partial charge in [-0.1, -0.05) is 20.8 Å². The molecule has 0 saturated carbocycles. The molecule has 1 fully saturated rings. The van der Waals surface area contributed by atoms with Crippen molar-refractivity contribution in [1.29, 1.82) is 0 Å². The molecule has 3 nitrogen and oxygen atoms in total. The normalized spacial score (nSPS) is 23.1. The van der Waals surface area contributed by atoms with Gasteiger partial charge in [-0.25, -0.2) is 0 Å². The predicted octanol–water partition coefficient (Wildman–Crippen LogP) is 3.70. The molecule has 2 unspecified atom stereocenters. The minimum absolute atomic E-state index is 0.0125. The largest absolute Gasteiger partial charge is 0.321 e. The van der Waals surface area contributed by atoms with Crippen molar-refractivity contribution in [3.05, 3.63) is 21.9 Å². The van der Waals surface area contributed by atoms with Crippen molar-refractivity contribution in [2.45, 2.75) is 59.2 Å². The average Bonchev–Trinajstić information content (AvgIpc) is 2.94. The van der Waals surface area contributed by atoms with Crippen LogP contribution in [0.4, 0.5) is 0 Å². The Balaban J connectivity index is 2.09. The molecule has 1 aliphatic rings. The molecule has 4 heteroatoms. The van der Waals surface area contributed by atoms with Gasteiger partial charge in [0.1, 0.15) is 6.17 Å². The van der Waals surface area contributed by atoms with E-state index in [1.165, 1.54) is 16.2 Å². The number of nitrogens with zero attached hydrogens (tertiary/aromatic N) is 1. The van der Waals surface area contributed by atoms with Crippen LogP contribution in [0.1, 0.15) is 56.0 Å². The fourth-order valence-electron chi connectivity index (χ4n) is 2.72. The topological polar surface area (TPSA) is 32.3 Å². The van der Waals surface area contributed by atoms with Crippen LogP contribution in [0.5, 0.6) is 0 Å². The second-order valence-corrected chi connectivity index (χ2v) is 7.37. The zero-order valence-corrected chi connectivity index (χ0v) is 13.8. The summed E-state index contributed by atoms with van der Waals surface area (Å²) >= 11 is 1.79. The monoisotopic (exact) mass is 294 g/mol. The fraction of sp³-hybridized carbons (Fsp3) is 0.688. The summed E-state index contributed by atoms with van der Waals surface area (Å²) in [7, 11) is 0. The van der Waals surface area contributed by atoms with Gasteiger partial charge in [0.2, 0.25) is 5.91 Å². The number of rotatable bonds is 6. The smallest absolute Gasteiger partial charge is 0.241 e. The van der Waals surface area contributed by atoms with Gasteiger partial charge in [0.05, 0.1) is 6.04 Å². The number of hydrogen-bond donors (Lipinski definition) is 1. The van der Waals surface area contributed by atoms with Crippen molar-refractivity contribution in [3.63, 3.8) is 0 Å². The van der Waals surface area contributed by atoms with E-state index >= 15 is 0 Å². The lowest BCUT2D eigenvalue weighted by atomic mass is 10.1. The van der Waals surface area contributed by atoms with Gasteiger partial charge in [0.15, 0.2) is 0 Å². The van der Waals surface area contributed by atoms with Crippen molar-refractivity contribution < 1.29 is 4.79 Å². The van der Waals surface area contributed by atoms with Gasteiger partial charge in [-0.15, -0.1) is 11.3 Å². The molecule has 2 atom stereocenters. The quantitative estimate of drug-likeness (QED) is 0.867. The first kappa shape index (κ1) is 15.5. The van der Waals surface area contributed by atoms with E-state index < -0.39 is 0 Å². The molecule has 0 aromatic carbocycles. The van der Waals surface area contributed by atoms with E-state index in [-0.39, 0.29) is 18.1 Å². The molecule has 1 aromatic heterocycles. The van der Waals surface area contributed by atoms with Crippen LogP contribution < -0.4 is 5.32 Å². The molecule has 2 heterocycles. The lowest BCUT2D eigenvalue weighted by Gasteiger charge is -2.23. The summed E-state index contributed by atoms with van der Waals surface area (Å²) in [4.78, 5) is 17.1. The summed E-state index contributed by atoms with van der Waals surface area (Å²) < 4.78 is 0. The zero-order valence-electron chi connectivity index (χ0n) is 13.0. The van der Waals surface area contributed by atoms with Crippen LogP contribution in [0, 0.1) is 12.8 Å². The van der Waals surface area contributed by atoms with Gasteiger partial charge in [-0.2, -0.15) is 0 Å². The maximum Gasteiger partial charge on any atom is 0.241 e. The molecule has 0 spiro atoms. The molecule has 2 rings (SSSR count). The number of amides is 1. The highest BCUT2D eigenvalue weighted by Gasteiger charge is 2.38. The van der Waals surface area contributed by atoms with Crippen LogP contribution in [0.3, 0.4) is 0 Å². The highest BCUT2D eigenvalue weighted by molar-refractivity contribution is 7.12.